The zero-order valence-corrected chi connectivity index (χ0v) is 15.3. The van der Waals surface area contributed by atoms with Gasteiger partial charge in [0.15, 0.2) is 0 Å². The molecule has 0 aliphatic carbocycles. The summed E-state index contributed by atoms with van der Waals surface area (Å²) in [5, 5.41) is 1.34. The molecule has 3 aromatic rings. The van der Waals surface area contributed by atoms with Gasteiger partial charge in [-0.15, -0.1) is 0 Å². The van der Waals surface area contributed by atoms with Crippen LogP contribution in [0, 0.1) is 0 Å². The molecule has 0 saturated carbocycles. The predicted octanol–water partition coefficient (Wildman–Crippen LogP) is 6.45. The van der Waals surface area contributed by atoms with Crippen molar-refractivity contribution >= 4 is 10.9 Å². The van der Waals surface area contributed by atoms with E-state index in [1.807, 2.05) is 0 Å². The van der Waals surface area contributed by atoms with Crippen molar-refractivity contribution in [3.05, 3.63) is 71.9 Å². The van der Waals surface area contributed by atoms with Crippen LogP contribution in [0.15, 0.2) is 60.8 Å². The fourth-order valence-electron chi connectivity index (χ4n) is 2.63. The van der Waals surface area contributed by atoms with Gasteiger partial charge in [0, 0.05) is 17.1 Å². The molecule has 3 rings (SSSR count). The van der Waals surface area contributed by atoms with Crippen LogP contribution in [0.5, 0.6) is 0 Å². The minimum atomic E-state index is 0.222. The van der Waals surface area contributed by atoms with Gasteiger partial charge in [0.1, 0.15) is 0 Å². The molecule has 1 N–H and O–H groups in total. The third kappa shape index (κ3) is 4.48. The molecule has 122 valence electrons. The molecule has 1 aromatic heterocycles. The highest BCUT2D eigenvalue weighted by atomic mass is 14.7. The average Bonchev–Trinajstić information content (AvgIpc) is 2.92. The molecule has 0 fully saturated rings. The van der Waals surface area contributed by atoms with Crippen LogP contribution in [-0.4, -0.2) is 4.98 Å². The van der Waals surface area contributed by atoms with Crippen LogP contribution in [0.25, 0.3) is 10.9 Å². The lowest BCUT2D eigenvalue weighted by molar-refractivity contribution is 0.590. The van der Waals surface area contributed by atoms with Crippen molar-refractivity contribution < 1.29 is 0 Å². The Morgan fingerprint density at radius 1 is 0.652 bits per heavy atom. The number of benzene rings is 2. The maximum absolute atomic E-state index is 3.29. The Balaban J connectivity index is 0.000000174. The van der Waals surface area contributed by atoms with Gasteiger partial charge in [-0.3, -0.25) is 0 Å². The molecule has 1 nitrogen and oxygen atoms in total. The molecule has 0 bridgehead atoms. The molecular formula is C22H29N. The summed E-state index contributed by atoms with van der Waals surface area (Å²) in [6, 6.07) is 19.0. The van der Waals surface area contributed by atoms with Crippen LogP contribution >= 0.6 is 0 Å². The molecule has 0 saturated heterocycles. The maximum atomic E-state index is 3.29. The van der Waals surface area contributed by atoms with Crippen LogP contribution in [0.3, 0.4) is 0 Å². The fourth-order valence-corrected chi connectivity index (χ4v) is 2.63. The molecule has 0 aliphatic rings. The van der Waals surface area contributed by atoms with Gasteiger partial charge in [0.25, 0.3) is 0 Å². The van der Waals surface area contributed by atoms with E-state index in [9.17, 15) is 0 Å². The molecule has 0 radical (unpaired) electrons. The van der Waals surface area contributed by atoms with Gasteiger partial charge in [0.05, 0.1) is 0 Å². The number of aromatic amines is 1. The summed E-state index contributed by atoms with van der Waals surface area (Å²) in [5.74, 6) is 0. The van der Waals surface area contributed by atoms with E-state index in [0.29, 0.717) is 5.41 Å². The lowest BCUT2D eigenvalue weighted by Gasteiger charge is -2.18. The van der Waals surface area contributed by atoms with Crippen LogP contribution < -0.4 is 0 Å². The number of rotatable bonds is 0. The Kier molecular flexibility index (Phi) is 4.99. The van der Waals surface area contributed by atoms with Gasteiger partial charge < -0.3 is 4.98 Å². The van der Waals surface area contributed by atoms with E-state index in [1.165, 1.54) is 22.0 Å². The molecule has 1 heterocycles. The molecule has 2 aromatic carbocycles. The Hall–Kier alpha value is -2.02. The third-order valence-corrected chi connectivity index (χ3v) is 4.04. The number of hydrogen-bond acceptors (Lipinski definition) is 0. The lowest BCUT2D eigenvalue weighted by Crippen LogP contribution is -2.10. The van der Waals surface area contributed by atoms with E-state index in [-0.39, 0.29) is 5.41 Å². The molecule has 0 aliphatic heterocycles. The number of nitrogens with one attached hydrogen (secondary N) is 1. The molecule has 0 unspecified atom stereocenters. The Morgan fingerprint density at radius 2 is 1.22 bits per heavy atom. The normalized spacial score (nSPS) is 11.9. The van der Waals surface area contributed by atoms with Gasteiger partial charge in [0.2, 0.25) is 0 Å². The predicted molar refractivity (Wildman–Crippen MR) is 102 cm³/mol. The summed E-state index contributed by atoms with van der Waals surface area (Å²) in [4.78, 5) is 3.29. The van der Waals surface area contributed by atoms with Gasteiger partial charge in [-0.25, -0.2) is 0 Å². The van der Waals surface area contributed by atoms with Crippen molar-refractivity contribution in [3.63, 3.8) is 0 Å². The smallest absolute Gasteiger partial charge is 0.0456 e. The summed E-state index contributed by atoms with van der Waals surface area (Å²) < 4.78 is 0. The van der Waals surface area contributed by atoms with Crippen molar-refractivity contribution in [2.45, 2.75) is 52.4 Å². The largest absolute Gasteiger partial charge is 0.361 e. The minimum Gasteiger partial charge on any atom is -0.361 e. The Morgan fingerprint density at radius 3 is 1.74 bits per heavy atom. The second kappa shape index (κ2) is 6.62. The average molecular weight is 307 g/mol. The van der Waals surface area contributed by atoms with Crippen molar-refractivity contribution in [2.24, 2.45) is 0 Å². The molecule has 0 atom stereocenters. The highest BCUT2D eigenvalue weighted by Gasteiger charge is 2.17. The van der Waals surface area contributed by atoms with Crippen LogP contribution in [0.4, 0.5) is 0 Å². The standard InChI is InChI=1S/C12H15N.C10H14/c1-12(2,3)10-8-13-11-7-5-4-6-9(10)11;1-10(2,3)9-7-5-4-6-8-9/h4-8,13H,1-3H3;4-8H,1-3H3. The van der Waals surface area contributed by atoms with E-state index < -0.39 is 0 Å². The quantitative estimate of drug-likeness (QED) is 0.491. The number of hydrogen-bond donors (Lipinski definition) is 1. The highest BCUT2D eigenvalue weighted by molar-refractivity contribution is 5.84. The van der Waals surface area contributed by atoms with E-state index in [4.69, 9.17) is 0 Å². The second-order valence-corrected chi connectivity index (χ2v) is 8.11. The third-order valence-electron chi connectivity index (χ3n) is 4.04. The molecule has 0 amide bonds. The van der Waals surface area contributed by atoms with Crippen molar-refractivity contribution in [1.82, 2.24) is 4.98 Å². The fraction of sp³-hybridized carbons (Fsp3) is 0.364. The van der Waals surface area contributed by atoms with Gasteiger partial charge in [-0.05, 0) is 28.0 Å². The van der Waals surface area contributed by atoms with Gasteiger partial charge in [-0.1, -0.05) is 90.1 Å². The van der Waals surface area contributed by atoms with Crippen LogP contribution in [0.1, 0.15) is 52.7 Å². The van der Waals surface area contributed by atoms with Crippen LogP contribution in [-0.2, 0) is 10.8 Å². The summed E-state index contributed by atoms with van der Waals surface area (Å²) in [5.41, 5.74) is 4.53. The van der Waals surface area contributed by atoms with Gasteiger partial charge in [-0.2, -0.15) is 0 Å². The first kappa shape index (κ1) is 17.3. The monoisotopic (exact) mass is 307 g/mol. The zero-order chi connectivity index (χ0) is 17.1. The number of aromatic nitrogens is 1. The summed E-state index contributed by atoms with van der Waals surface area (Å²) in [6.07, 6.45) is 2.12. The first-order chi connectivity index (χ1) is 10.7. The topological polar surface area (TPSA) is 15.8 Å². The molecule has 23 heavy (non-hydrogen) atoms. The van der Waals surface area contributed by atoms with E-state index in [0.717, 1.165) is 0 Å². The van der Waals surface area contributed by atoms with Crippen molar-refractivity contribution in [3.8, 4) is 0 Å². The SMILES string of the molecule is CC(C)(C)c1c[nH]c2ccccc12.CC(C)(C)c1ccccc1. The first-order valence-corrected chi connectivity index (χ1v) is 8.32. The second-order valence-electron chi connectivity index (χ2n) is 8.11. The lowest BCUT2D eigenvalue weighted by atomic mass is 9.87. The summed E-state index contributed by atoms with van der Waals surface area (Å²) in [7, 11) is 0. The number of fused-ring (bicyclic) bond motifs is 1. The molecular weight excluding hydrogens is 278 g/mol. The summed E-state index contributed by atoms with van der Waals surface area (Å²) in [6.45, 7) is 13.4. The first-order valence-electron chi connectivity index (χ1n) is 8.32. The van der Waals surface area contributed by atoms with E-state index in [1.54, 1.807) is 0 Å². The zero-order valence-electron chi connectivity index (χ0n) is 15.3. The highest BCUT2D eigenvalue weighted by Crippen LogP contribution is 2.29. The number of para-hydroxylation sites is 1. The van der Waals surface area contributed by atoms with Crippen molar-refractivity contribution in [1.29, 1.82) is 0 Å². The van der Waals surface area contributed by atoms with Gasteiger partial charge >= 0.3 is 0 Å². The van der Waals surface area contributed by atoms with E-state index in [2.05, 4.69) is 107 Å². The van der Waals surface area contributed by atoms with E-state index >= 15 is 0 Å². The molecule has 0 spiro atoms. The van der Waals surface area contributed by atoms with Crippen LogP contribution in [0.2, 0.25) is 0 Å². The number of H-pyrrole nitrogens is 1. The molecule has 1 heteroatoms. The summed E-state index contributed by atoms with van der Waals surface area (Å²) >= 11 is 0. The Bertz CT molecular complexity index is 737. The minimum absolute atomic E-state index is 0.222. The van der Waals surface area contributed by atoms with Crippen molar-refractivity contribution in [2.75, 3.05) is 0 Å². The Labute approximate surface area is 140 Å². The maximum Gasteiger partial charge on any atom is 0.0456 e.